The third-order valence-electron chi connectivity index (χ3n) is 3.55. The summed E-state index contributed by atoms with van der Waals surface area (Å²) in [6.45, 7) is 0.204. The van der Waals surface area contributed by atoms with Crippen molar-refractivity contribution in [3.63, 3.8) is 0 Å². The molecule has 4 aromatic rings. The van der Waals surface area contributed by atoms with E-state index in [0.29, 0.717) is 22.6 Å². The van der Waals surface area contributed by atoms with Crippen LogP contribution >= 0.6 is 0 Å². The summed E-state index contributed by atoms with van der Waals surface area (Å²) in [5, 5.41) is 14.1. The molecule has 9 nitrogen and oxygen atoms in total. The van der Waals surface area contributed by atoms with E-state index >= 15 is 0 Å². The molecule has 132 valence electrons. The number of aromatic nitrogens is 7. The Bertz CT molecular complexity index is 1060. The Morgan fingerprint density at radius 3 is 2.92 bits per heavy atom. The number of benzene rings is 1. The van der Waals surface area contributed by atoms with Crippen LogP contribution in [-0.4, -0.2) is 35.2 Å². The number of anilines is 1. The maximum absolute atomic E-state index is 12.6. The average Bonchev–Trinajstić information content (AvgIpc) is 3.29. The standard InChI is InChI=1S/C15H12F2N8O/c16-13(17)15-19-7-25(23-15)9-3-1-2-8(4-9)6-26-10-5-11(18)20-14-12(10)21-24-22-14/h1-5,7,13H,6H2,(H3,18,20,21,22,24). The second kappa shape index (κ2) is 6.35. The van der Waals surface area contributed by atoms with E-state index in [1.54, 1.807) is 24.3 Å². The fourth-order valence-electron chi connectivity index (χ4n) is 2.39. The van der Waals surface area contributed by atoms with Crippen molar-refractivity contribution in [1.29, 1.82) is 0 Å². The number of H-pyrrole nitrogens is 1. The lowest BCUT2D eigenvalue weighted by atomic mass is 10.2. The molecule has 0 spiro atoms. The van der Waals surface area contributed by atoms with Crippen LogP contribution in [0.3, 0.4) is 0 Å². The third kappa shape index (κ3) is 3.01. The predicted octanol–water partition coefficient (Wildman–Crippen LogP) is 2.03. The molecule has 26 heavy (non-hydrogen) atoms. The monoisotopic (exact) mass is 358 g/mol. The van der Waals surface area contributed by atoms with Crippen LogP contribution in [0.15, 0.2) is 36.7 Å². The van der Waals surface area contributed by atoms with Crippen LogP contribution in [0, 0.1) is 0 Å². The lowest BCUT2D eigenvalue weighted by molar-refractivity contribution is 0.140. The number of nitrogens with one attached hydrogen (secondary N) is 1. The maximum Gasteiger partial charge on any atom is 0.299 e. The Hall–Kier alpha value is -3.63. The number of rotatable bonds is 5. The van der Waals surface area contributed by atoms with Crippen LogP contribution in [0.4, 0.5) is 14.6 Å². The molecule has 0 radical (unpaired) electrons. The van der Waals surface area contributed by atoms with Gasteiger partial charge in [0.15, 0.2) is 11.3 Å². The number of alkyl halides is 2. The Morgan fingerprint density at radius 1 is 1.23 bits per heavy atom. The summed E-state index contributed by atoms with van der Waals surface area (Å²) >= 11 is 0. The number of aromatic amines is 1. The van der Waals surface area contributed by atoms with Crippen molar-refractivity contribution < 1.29 is 13.5 Å². The molecule has 0 atom stereocenters. The molecule has 0 fully saturated rings. The SMILES string of the molecule is Nc1cc(OCc2cccc(-n3cnc(C(F)F)n3)c2)c2n[nH]nc2n1. The van der Waals surface area contributed by atoms with Gasteiger partial charge in [0.1, 0.15) is 18.8 Å². The minimum atomic E-state index is -2.72. The van der Waals surface area contributed by atoms with Gasteiger partial charge in [0.25, 0.3) is 6.43 Å². The summed E-state index contributed by atoms with van der Waals surface area (Å²) in [5.41, 5.74) is 7.93. The molecule has 0 saturated heterocycles. The van der Waals surface area contributed by atoms with E-state index in [-0.39, 0.29) is 12.4 Å². The molecular formula is C15H12F2N8O. The topological polar surface area (TPSA) is 120 Å². The Labute approximate surface area is 144 Å². The second-order valence-electron chi connectivity index (χ2n) is 5.35. The molecule has 0 aliphatic carbocycles. The van der Waals surface area contributed by atoms with Gasteiger partial charge in [-0.05, 0) is 17.7 Å². The van der Waals surface area contributed by atoms with Crippen LogP contribution in [0.1, 0.15) is 17.8 Å². The maximum atomic E-state index is 12.6. The van der Waals surface area contributed by atoms with Gasteiger partial charge in [-0.2, -0.15) is 10.3 Å². The van der Waals surface area contributed by atoms with Gasteiger partial charge in [-0.15, -0.1) is 10.2 Å². The van der Waals surface area contributed by atoms with Crippen LogP contribution < -0.4 is 10.5 Å². The highest BCUT2D eigenvalue weighted by atomic mass is 19.3. The minimum Gasteiger partial charge on any atom is -0.486 e. The highest BCUT2D eigenvalue weighted by Crippen LogP contribution is 2.24. The summed E-state index contributed by atoms with van der Waals surface area (Å²) in [6.07, 6.45) is -1.48. The smallest absolute Gasteiger partial charge is 0.299 e. The van der Waals surface area contributed by atoms with E-state index in [9.17, 15) is 8.78 Å². The van der Waals surface area contributed by atoms with Crippen molar-refractivity contribution in [3.05, 3.63) is 48.0 Å². The number of nitrogens with zero attached hydrogens (tertiary/aromatic N) is 6. The number of nitrogens with two attached hydrogens (primary N) is 1. The second-order valence-corrected chi connectivity index (χ2v) is 5.35. The molecule has 1 aromatic carbocycles. The van der Waals surface area contributed by atoms with Crippen molar-refractivity contribution in [2.45, 2.75) is 13.0 Å². The number of halogens is 2. The summed E-state index contributed by atoms with van der Waals surface area (Å²) < 4.78 is 32.3. The fraction of sp³-hybridized carbons (Fsp3) is 0.133. The normalized spacial score (nSPS) is 11.3. The first-order chi connectivity index (χ1) is 12.6. The molecule has 0 saturated carbocycles. The molecule has 0 amide bonds. The number of ether oxygens (including phenoxy) is 1. The largest absolute Gasteiger partial charge is 0.486 e. The number of nitrogen functional groups attached to an aromatic ring is 1. The lowest BCUT2D eigenvalue weighted by Gasteiger charge is -2.08. The minimum absolute atomic E-state index is 0.204. The van der Waals surface area contributed by atoms with Gasteiger partial charge in [0.05, 0.1) is 5.69 Å². The van der Waals surface area contributed by atoms with Crippen LogP contribution in [0.5, 0.6) is 5.75 Å². The molecule has 3 heterocycles. The highest BCUT2D eigenvalue weighted by molar-refractivity contribution is 5.78. The van der Waals surface area contributed by atoms with Crippen LogP contribution in [0.2, 0.25) is 0 Å². The highest BCUT2D eigenvalue weighted by Gasteiger charge is 2.14. The molecule has 3 N–H and O–H groups in total. The predicted molar refractivity (Wildman–Crippen MR) is 86.7 cm³/mol. The van der Waals surface area contributed by atoms with Crippen molar-refractivity contribution >= 4 is 17.0 Å². The van der Waals surface area contributed by atoms with Gasteiger partial charge in [0.2, 0.25) is 11.5 Å². The summed E-state index contributed by atoms with van der Waals surface area (Å²) in [4.78, 5) is 7.62. The summed E-state index contributed by atoms with van der Waals surface area (Å²) in [6, 6.07) is 8.65. The number of hydrogen-bond acceptors (Lipinski definition) is 7. The van der Waals surface area contributed by atoms with Gasteiger partial charge in [-0.1, -0.05) is 12.1 Å². The van der Waals surface area contributed by atoms with Crippen LogP contribution in [0.25, 0.3) is 16.9 Å². The first-order valence-corrected chi connectivity index (χ1v) is 7.49. The van der Waals surface area contributed by atoms with Gasteiger partial charge >= 0.3 is 0 Å². The number of hydrogen-bond donors (Lipinski definition) is 2. The lowest BCUT2D eigenvalue weighted by Crippen LogP contribution is -2.01. The third-order valence-corrected chi connectivity index (χ3v) is 3.55. The number of fused-ring (bicyclic) bond motifs is 1. The van der Waals surface area contributed by atoms with Crippen LogP contribution in [-0.2, 0) is 6.61 Å². The first kappa shape index (κ1) is 15.9. The van der Waals surface area contributed by atoms with Gasteiger partial charge in [-0.25, -0.2) is 23.4 Å². The van der Waals surface area contributed by atoms with Crippen molar-refractivity contribution in [2.75, 3.05) is 5.73 Å². The zero-order valence-corrected chi connectivity index (χ0v) is 13.2. The summed E-state index contributed by atoms with van der Waals surface area (Å²) in [5.74, 6) is 0.178. The van der Waals surface area contributed by atoms with E-state index < -0.39 is 12.2 Å². The van der Waals surface area contributed by atoms with Gasteiger partial charge in [0, 0.05) is 6.07 Å². The van der Waals surface area contributed by atoms with E-state index in [2.05, 4.69) is 30.5 Å². The zero-order chi connectivity index (χ0) is 18.1. The average molecular weight is 358 g/mol. The first-order valence-electron chi connectivity index (χ1n) is 7.49. The molecule has 0 unspecified atom stereocenters. The Balaban J connectivity index is 1.56. The van der Waals surface area contributed by atoms with Crippen molar-refractivity contribution in [3.8, 4) is 11.4 Å². The molecule has 0 aliphatic rings. The molecule has 4 rings (SSSR count). The van der Waals surface area contributed by atoms with E-state index in [1.165, 1.54) is 11.0 Å². The fourth-order valence-corrected chi connectivity index (χ4v) is 2.39. The van der Waals surface area contributed by atoms with Crippen molar-refractivity contribution in [1.82, 2.24) is 35.2 Å². The van der Waals surface area contributed by atoms with Gasteiger partial charge in [-0.3, -0.25) is 0 Å². The number of pyridine rings is 1. The molecule has 0 bridgehead atoms. The molecule has 0 aliphatic heterocycles. The summed E-state index contributed by atoms with van der Waals surface area (Å²) in [7, 11) is 0. The van der Waals surface area contributed by atoms with E-state index in [4.69, 9.17) is 10.5 Å². The van der Waals surface area contributed by atoms with Gasteiger partial charge < -0.3 is 10.5 Å². The molecule has 11 heteroatoms. The zero-order valence-electron chi connectivity index (χ0n) is 13.2. The molecule has 3 aromatic heterocycles. The van der Waals surface area contributed by atoms with Crippen molar-refractivity contribution in [2.24, 2.45) is 0 Å². The molecular weight excluding hydrogens is 346 g/mol. The van der Waals surface area contributed by atoms with E-state index in [0.717, 1.165) is 5.56 Å². The Morgan fingerprint density at radius 2 is 2.12 bits per heavy atom. The van der Waals surface area contributed by atoms with E-state index in [1.807, 2.05) is 6.07 Å². The quantitative estimate of drug-likeness (QED) is 0.560. The Kier molecular flexibility index (Phi) is 3.88.